The summed E-state index contributed by atoms with van der Waals surface area (Å²) in [4.78, 5) is 13.1. The lowest BCUT2D eigenvalue weighted by Gasteiger charge is -2.12. The van der Waals surface area contributed by atoms with Crippen LogP contribution >= 0.6 is 0 Å². The molecule has 2 heterocycles. The molecule has 1 fully saturated rings. The van der Waals surface area contributed by atoms with E-state index in [9.17, 15) is 9.50 Å². The minimum atomic E-state index is -0.258. The summed E-state index contributed by atoms with van der Waals surface area (Å²) in [7, 11) is 0. The van der Waals surface area contributed by atoms with Crippen molar-refractivity contribution in [1.82, 2.24) is 19.5 Å². The molecule has 0 aliphatic heterocycles. The third kappa shape index (κ3) is 3.07. The van der Waals surface area contributed by atoms with Gasteiger partial charge in [0.25, 0.3) is 0 Å². The SMILES string of the molecule is CCc1ccc(-n2cnc3cnc(NC4CCC(O)C4)nc32)cc1F. The predicted molar refractivity (Wildman–Crippen MR) is 93.3 cm³/mol. The fourth-order valence-corrected chi connectivity index (χ4v) is 3.31. The van der Waals surface area contributed by atoms with Crippen molar-refractivity contribution in [2.75, 3.05) is 5.32 Å². The second kappa shape index (κ2) is 6.40. The second-order valence-electron chi connectivity index (χ2n) is 6.45. The molecule has 4 rings (SSSR count). The molecule has 2 unspecified atom stereocenters. The van der Waals surface area contributed by atoms with E-state index in [2.05, 4.69) is 20.3 Å². The number of hydrogen-bond donors (Lipinski definition) is 2. The lowest BCUT2D eigenvalue weighted by Crippen LogP contribution is -2.18. The zero-order valence-electron chi connectivity index (χ0n) is 14.0. The Hall–Kier alpha value is -2.54. The first-order chi connectivity index (χ1) is 12.1. The Balaban J connectivity index is 1.68. The zero-order valence-corrected chi connectivity index (χ0v) is 14.0. The average Bonchev–Trinajstić information content (AvgIpc) is 3.20. The van der Waals surface area contributed by atoms with Gasteiger partial charge in [0.15, 0.2) is 5.65 Å². The predicted octanol–water partition coefficient (Wildman–Crippen LogP) is 2.84. The number of anilines is 1. The monoisotopic (exact) mass is 341 g/mol. The Kier molecular flexibility index (Phi) is 4.09. The van der Waals surface area contributed by atoms with Gasteiger partial charge in [-0.3, -0.25) is 4.57 Å². The molecule has 1 saturated carbocycles. The minimum Gasteiger partial charge on any atom is -0.393 e. The van der Waals surface area contributed by atoms with Crippen molar-refractivity contribution in [2.45, 2.75) is 44.8 Å². The van der Waals surface area contributed by atoms with Gasteiger partial charge in [0.2, 0.25) is 5.95 Å². The molecule has 25 heavy (non-hydrogen) atoms. The maximum atomic E-state index is 14.1. The van der Waals surface area contributed by atoms with Gasteiger partial charge in [-0.05, 0) is 43.4 Å². The van der Waals surface area contributed by atoms with Crippen LogP contribution in [-0.2, 0) is 6.42 Å². The van der Waals surface area contributed by atoms with Gasteiger partial charge in [0, 0.05) is 6.04 Å². The van der Waals surface area contributed by atoms with Crippen molar-refractivity contribution in [3.63, 3.8) is 0 Å². The Morgan fingerprint density at radius 1 is 1.32 bits per heavy atom. The molecular formula is C18H20FN5O. The number of benzene rings is 1. The van der Waals surface area contributed by atoms with Crippen LogP contribution < -0.4 is 5.32 Å². The van der Waals surface area contributed by atoms with Crippen LogP contribution in [0.1, 0.15) is 31.7 Å². The van der Waals surface area contributed by atoms with E-state index >= 15 is 0 Å². The molecule has 6 nitrogen and oxygen atoms in total. The topological polar surface area (TPSA) is 75.9 Å². The second-order valence-corrected chi connectivity index (χ2v) is 6.45. The number of aryl methyl sites for hydroxylation is 1. The standard InChI is InChI=1S/C18H20FN5O/c1-2-11-3-5-13(8-15(11)19)24-10-21-16-9-20-18(23-17(16)24)22-12-4-6-14(25)7-12/h3,5,8-10,12,14,25H,2,4,6-7H2,1H3,(H,20,22,23). The Bertz CT molecular complexity index is 910. The van der Waals surface area contributed by atoms with Gasteiger partial charge in [-0.1, -0.05) is 13.0 Å². The number of hydrogen-bond acceptors (Lipinski definition) is 5. The summed E-state index contributed by atoms with van der Waals surface area (Å²) in [6.07, 6.45) is 6.07. The van der Waals surface area contributed by atoms with E-state index < -0.39 is 0 Å². The molecule has 0 radical (unpaired) electrons. The normalized spacial score (nSPS) is 20.3. The largest absolute Gasteiger partial charge is 0.393 e. The summed E-state index contributed by atoms with van der Waals surface area (Å²) in [5.41, 5.74) is 2.64. The van der Waals surface area contributed by atoms with Crippen molar-refractivity contribution >= 4 is 17.1 Å². The molecule has 0 amide bonds. The molecule has 7 heteroatoms. The van der Waals surface area contributed by atoms with E-state index in [0.717, 1.165) is 12.8 Å². The highest BCUT2D eigenvalue weighted by atomic mass is 19.1. The van der Waals surface area contributed by atoms with E-state index in [4.69, 9.17) is 0 Å². The van der Waals surface area contributed by atoms with Crippen LogP contribution in [0.15, 0.2) is 30.7 Å². The van der Waals surface area contributed by atoms with Crippen molar-refractivity contribution in [3.05, 3.63) is 42.1 Å². The molecular weight excluding hydrogens is 321 g/mol. The Morgan fingerprint density at radius 2 is 2.20 bits per heavy atom. The van der Waals surface area contributed by atoms with Crippen LogP contribution in [0.2, 0.25) is 0 Å². The van der Waals surface area contributed by atoms with E-state index in [1.807, 2.05) is 13.0 Å². The molecule has 3 aromatic rings. The highest BCUT2D eigenvalue weighted by Crippen LogP contribution is 2.23. The molecule has 2 N–H and O–H groups in total. The summed E-state index contributed by atoms with van der Waals surface area (Å²) in [6, 6.07) is 5.33. The van der Waals surface area contributed by atoms with Crippen LogP contribution in [-0.4, -0.2) is 36.8 Å². The van der Waals surface area contributed by atoms with Gasteiger partial charge in [0.1, 0.15) is 17.7 Å². The maximum absolute atomic E-state index is 14.1. The molecule has 0 spiro atoms. The summed E-state index contributed by atoms with van der Waals surface area (Å²) in [5, 5.41) is 12.9. The van der Waals surface area contributed by atoms with Crippen LogP contribution in [0.5, 0.6) is 0 Å². The van der Waals surface area contributed by atoms with Crippen LogP contribution in [0.4, 0.5) is 10.3 Å². The molecule has 1 aliphatic rings. The van der Waals surface area contributed by atoms with Gasteiger partial charge < -0.3 is 10.4 Å². The maximum Gasteiger partial charge on any atom is 0.224 e. The first-order valence-corrected chi connectivity index (χ1v) is 8.57. The van der Waals surface area contributed by atoms with E-state index in [0.29, 0.717) is 41.2 Å². The first-order valence-electron chi connectivity index (χ1n) is 8.57. The molecule has 1 aliphatic carbocycles. The number of imidazole rings is 1. The number of halogens is 1. The van der Waals surface area contributed by atoms with Crippen molar-refractivity contribution < 1.29 is 9.50 Å². The zero-order chi connectivity index (χ0) is 17.4. The Labute approximate surface area is 144 Å². The van der Waals surface area contributed by atoms with Gasteiger partial charge in [-0.2, -0.15) is 4.98 Å². The highest BCUT2D eigenvalue weighted by molar-refractivity contribution is 5.73. The summed E-state index contributed by atoms with van der Waals surface area (Å²) in [5.74, 6) is 0.271. The fourth-order valence-electron chi connectivity index (χ4n) is 3.31. The summed E-state index contributed by atoms with van der Waals surface area (Å²) < 4.78 is 15.9. The lowest BCUT2D eigenvalue weighted by molar-refractivity contribution is 0.182. The van der Waals surface area contributed by atoms with E-state index in [1.165, 1.54) is 6.07 Å². The smallest absolute Gasteiger partial charge is 0.224 e. The molecule has 2 aromatic heterocycles. The van der Waals surface area contributed by atoms with Crippen molar-refractivity contribution in [1.29, 1.82) is 0 Å². The number of fused-ring (bicyclic) bond motifs is 1. The summed E-state index contributed by atoms with van der Waals surface area (Å²) >= 11 is 0. The lowest BCUT2D eigenvalue weighted by atomic mass is 10.1. The van der Waals surface area contributed by atoms with Gasteiger partial charge in [-0.15, -0.1) is 0 Å². The number of aliphatic hydroxyl groups excluding tert-OH is 1. The van der Waals surface area contributed by atoms with Crippen molar-refractivity contribution in [2.24, 2.45) is 0 Å². The number of nitrogens with one attached hydrogen (secondary N) is 1. The van der Waals surface area contributed by atoms with Gasteiger partial charge >= 0.3 is 0 Å². The number of rotatable bonds is 4. The van der Waals surface area contributed by atoms with E-state index in [1.54, 1.807) is 23.2 Å². The third-order valence-corrected chi connectivity index (χ3v) is 4.72. The quantitative estimate of drug-likeness (QED) is 0.763. The van der Waals surface area contributed by atoms with Gasteiger partial charge in [0.05, 0.1) is 18.0 Å². The molecule has 2 atom stereocenters. The first kappa shape index (κ1) is 16.0. The molecule has 130 valence electrons. The number of aromatic nitrogens is 4. The van der Waals surface area contributed by atoms with Gasteiger partial charge in [-0.25, -0.2) is 14.4 Å². The fraction of sp³-hybridized carbons (Fsp3) is 0.389. The number of nitrogens with zero attached hydrogens (tertiary/aromatic N) is 4. The van der Waals surface area contributed by atoms with Crippen LogP contribution in [0.25, 0.3) is 16.9 Å². The average molecular weight is 341 g/mol. The number of aliphatic hydroxyl groups is 1. The van der Waals surface area contributed by atoms with Crippen molar-refractivity contribution in [3.8, 4) is 5.69 Å². The molecule has 0 saturated heterocycles. The highest BCUT2D eigenvalue weighted by Gasteiger charge is 2.23. The van der Waals surface area contributed by atoms with Crippen LogP contribution in [0.3, 0.4) is 0 Å². The van der Waals surface area contributed by atoms with E-state index in [-0.39, 0.29) is 18.0 Å². The molecule has 1 aromatic carbocycles. The molecule has 0 bridgehead atoms. The summed E-state index contributed by atoms with van der Waals surface area (Å²) in [6.45, 7) is 1.93. The Morgan fingerprint density at radius 3 is 2.92 bits per heavy atom. The van der Waals surface area contributed by atoms with Crippen LogP contribution in [0, 0.1) is 5.82 Å². The minimum absolute atomic E-state index is 0.171. The third-order valence-electron chi connectivity index (χ3n) is 4.72.